The Morgan fingerprint density at radius 2 is 1.76 bits per heavy atom. The summed E-state index contributed by atoms with van der Waals surface area (Å²) < 4.78 is 98.3. The molecule has 0 spiro atoms. The molecule has 2 rings (SSSR count). The van der Waals surface area contributed by atoms with Gasteiger partial charge in [-0.25, -0.2) is 22.4 Å². The van der Waals surface area contributed by atoms with Gasteiger partial charge in [-0.3, -0.25) is 9.69 Å². The number of nitrogens with zero attached hydrogens (tertiary/aromatic N) is 1. The fraction of sp³-hybridized carbons (Fsp3) is 0.333. The SMILES string of the molecule is CCOC(=O)c1ccccc1CN(C(=O)C(F)(F)F)c1cc(SC(F)C(F)F)c(C)cc1F. The molecule has 33 heavy (non-hydrogen) atoms. The van der Waals surface area contributed by atoms with Gasteiger partial charge < -0.3 is 4.74 Å². The van der Waals surface area contributed by atoms with Gasteiger partial charge in [0.05, 0.1) is 24.4 Å². The minimum Gasteiger partial charge on any atom is -0.462 e. The highest BCUT2D eigenvalue weighted by atomic mass is 32.2. The van der Waals surface area contributed by atoms with E-state index in [1.54, 1.807) is 0 Å². The first-order valence-corrected chi connectivity index (χ1v) is 10.3. The zero-order valence-corrected chi connectivity index (χ0v) is 18.1. The van der Waals surface area contributed by atoms with Crippen LogP contribution in [0.1, 0.15) is 28.4 Å². The van der Waals surface area contributed by atoms with Crippen molar-refractivity contribution in [2.24, 2.45) is 0 Å². The van der Waals surface area contributed by atoms with Crippen molar-refractivity contribution in [1.82, 2.24) is 0 Å². The number of amides is 1. The van der Waals surface area contributed by atoms with E-state index in [-0.39, 0.29) is 44.9 Å². The molecule has 0 heterocycles. The maximum atomic E-state index is 14.7. The van der Waals surface area contributed by atoms with Gasteiger partial charge >= 0.3 is 18.1 Å². The van der Waals surface area contributed by atoms with Crippen LogP contribution < -0.4 is 4.90 Å². The van der Waals surface area contributed by atoms with Crippen LogP contribution in [-0.4, -0.2) is 36.6 Å². The lowest BCUT2D eigenvalue weighted by atomic mass is 10.1. The second-order valence-corrected chi connectivity index (χ2v) is 7.77. The van der Waals surface area contributed by atoms with E-state index in [1.165, 1.54) is 38.1 Å². The molecule has 12 heteroatoms. The number of carbonyl (C=O) groups excluding carboxylic acids is 2. The van der Waals surface area contributed by atoms with Crippen LogP contribution >= 0.6 is 11.8 Å². The quantitative estimate of drug-likeness (QED) is 0.253. The van der Waals surface area contributed by atoms with Gasteiger partial charge in [-0.2, -0.15) is 13.2 Å². The highest BCUT2D eigenvalue weighted by Gasteiger charge is 2.44. The van der Waals surface area contributed by atoms with Crippen LogP contribution in [0.5, 0.6) is 0 Å². The van der Waals surface area contributed by atoms with Crippen LogP contribution in [0, 0.1) is 12.7 Å². The van der Waals surface area contributed by atoms with E-state index >= 15 is 0 Å². The summed E-state index contributed by atoms with van der Waals surface area (Å²) in [5, 5.41) is 0. The average Bonchev–Trinajstić information content (AvgIpc) is 2.73. The van der Waals surface area contributed by atoms with Crippen molar-refractivity contribution in [3.63, 3.8) is 0 Å². The number of carbonyl (C=O) groups is 2. The number of alkyl halides is 6. The largest absolute Gasteiger partial charge is 0.471 e. The Morgan fingerprint density at radius 1 is 1.12 bits per heavy atom. The summed E-state index contributed by atoms with van der Waals surface area (Å²) in [6.07, 6.45) is -8.83. The van der Waals surface area contributed by atoms with Crippen molar-refractivity contribution in [2.75, 3.05) is 11.5 Å². The molecule has 0 aliphatic carbocycles. The first-order valence-electron chi connectivity index (χ1n) is 9.39. The number of anilines is 1. The molecular weight excluding hydrogens is 479 g/mol. The third kappa shape index (κ3) is 6.62. The molecule has 0 radical (unpaired) electrons. The van der Waals surface area contributed by atoms with Crippen LogP contribution in [0.2, 0.25) is 0 Å². The van der Waals surface area contributed by atoms with E-state index in [4.69, 9.17) is 4.74 Å². The molecule has 0 saturated carbocycles. The third-order valence-corrected chi connectivity index (χ3v) is 5.43. The highest BCUT2D eigenvalue weighted by molar-refractivity contribution is 7.99. The van der Waals surface area contributed by atoms with Gasteiger partial charge in [-0.05, 0) is 43.2 Å². The average molecular weight is 497 g/mol. The maximum Gasteiger partial charge on any atom is 0.471 e. The lowest BCUT2D eigenvalue weighted by molar-refractivity contribution is -0.170. The van der Waals surface area contributed by atoms with E-state index in [0.717, 1.165) is 0 Å². The lowest BCUT2D eigenvalue weighted by Gasteiger charge is -2.26. The van der Waals surface area contributed by atoms with Crippen LogP contribution in [0.4, 0.5) is 36.4 Å². The number of benzene rings is 2. The number of ether oxygens (including phenoxy) is 1. The Kier molecular flexibility index (Phi) is 8.76. The van der Waals surface area contributed by atoms with Gasteiger partial charge in [0.15, 0.2) is 0 Å². The molecule has 0 saturated heterocycles. The van der Waals surface area contributed by atoms with Crippen molar-refractivity contribution in [3.05, 3.63) is 58.9 Å². The Labute approximate surface area is 188 Å². The number of aryl methyl sites for hydroxylation is 1. The summed E-state index contributed by atoms with van der Waals surface area (Å²) in [5.41, 5.74) is -3.89. The molecule has 180 valence electrons. The number of hydrogen-bond donors (Lipinski definition) is 0. The lowest BCUT2D eigenvalue weighted by Crippen LogP contribution is -2.41. The first kappa shape index (κ1) is 26.5. The zero-order chi connectivity index (χ0) is 24.9. The van der Waals surface area contributed by atoms with Crippen LogP contribution in [0.15, 0.2) is 41.3 Å². The number of esters is 1. The van der Waals surface area contributed by atoms with E-state index in [2.05, 4.69) is 0 Å². The summed E-state index contributed by atoms with van der Waals surface area (Å²) in [6.45, 7) is 1.84. The molecule has 0 N–H and O–H groups in total. The van der Waals surface area contributed by atoms with E-state index in [9.17, 15) is 40.3 Å². The topological polar surface area (TPSA) is 46.6 Å². The summed E-state index contributed by atoms with van der Waals surface area (Å²) in [4.78, 5) is 24.1. The minimum atomic E-state index is -5.44. The van der Waals surface area contributed by atoms with Crippen LogP contribution in [-0.2, 0) is 16.1 Å². The monoisotopic (exact) mass is 497 g/mol. The molecule has 0 fully saturated rings. The van der Waals surface area contributed by atoms with Gasteiger partial charge in [0, 0.05) is 4.90 Å². The van der Waals surface area contributed by atoms with Crippen molar-refractivity contribution in [2.45, 2.75) is 43.4 Å². The molecule has 1 amide bonds. The van der Waals surface area contributed by atoms with E-state index in [0.29, 0.717) is 12.1 Å². The Balaban J connectivity index is 2.59. The number of rotatable bonds is 8. The third-order valence-electron chi connectivity index (χ3n) is 4.30. The number of halogens is 7. The standard InChI is InChI=1S/C21H18F7NO3S/c1-3-32-19(30)13-7-5-4-6-12(13)10-29(20(31)21(26,27)28)15-9-16(11(2)8-14(15)22)33-18(25)17(23)24/h4-9,17-18H,3,10H2,1-2H3. The van der Waals surface area contributed by atoms with Gasteiger partial charge in [-0.15, -0.1) is 0 Å². The van der Waals surface area contributed by atoms with Crippen LogP contribution in [0.3, 0.4) is 0 Å². The smallest absolute Gasteiger partial charge is 0.462 e. The van der Waals surface area contributed by atoms with Crippen LogP contribution in [0.25, 0.3) is 0 Å². The fourth-order valence-electron chi connectivity index (χ4n) is 2.80. The van der Waals surface area contributed by atoms with Crippen molar-refractivity contribution in [3.8, 4) is 0 Å². The first-order chi connectivity index (χ1) is 15.4. The molecular formula is C21H18F7NO3S. The van der Waals surface area contributed by atoms with Gasteiger partial charge in [-0.1, -0.05) is 30.0 Å². The van der Waals surface area contributed by atoms with Gasteiger partial charge in [0.1, 0.15) is 5.82 Å². The molecule has 0 aliphatic rings. The highest BCUT2D eigenvalue weighted by Crippen LogP contribution is 2.37. The second-order valence-electron chi connectivity index (χ2n) is 6.64. The molecule has 0 aliphatic heterocycles. The molecule has 0 aromatic heterocycles. The minimum absolute atomic E-state index is 0.0177. The summed E-state index contributed by atoms with van der Waals surface area (Å²) in [6, 6.07) is 6.71. The Bertz CT molecular complexity index is 1010. The Hall–Kier alpha value is -2.76. The van der Waals surface area contributed by atoms with E-state index < -0.39 is 48.0 Å². The Morgan fingerprint density at radius 3 is 2.33 bits per heavy atom. The molecule has 0 bridgehead atoms. The van der Waals surface area contributed by atoms with E-state index in [1.807, 2.05) is 0 Å². The fourth-order valence-corrected chi connectivity index (χ4v) is 3.57. The maximum absolute atomic E-state index is 14.7. The molecule has 4 nitrogen and oxygen atoms in total. The molecule has 1 unspecified atom stereocenters. The zero-order valence-electron chi connectivity index (χ0n) is 17.3. The molecule has 1 atom stereocenters. The predicted octanol–water partition coefficient (Wildman–Crippen LogP) is 6.06. The predicted molar refractivity (Wildman–Crippen MR) is 108 cm³/mol. The normalized spacial score (nSPS) is 12.5. The summed E-state index contributed by atoms with van der Waals surface area (Å²) in [5.74, 6) is -4.61. The van der Waals surface area contributed by atoms with Gasteiger partial charge in [0.2, 0.25) is 5.50 Å². The second kappa shape index (κ2) is 10.9. The van der Waals surface area contributed by atoms with Gasteiger partial charge in [0.25, 0.3) is 6.43 Å². The molecule has 2 aromatic carbocycles. The van der Waals surface area contributed by atoms with Crippen molar-refractivity contribution >= 4 is 29.3 Å². The number of hydrogen-bond acceptors (Lipinski definition) is 4. The summed E-state index contributed by atoms with van der Waals surface area (Å²) >= 11 is -0.0179. The van der Waals surface area contributed by atoms with Crippen molar-refractivity contribution in [1.29, 1.82) is 0 Å². The number of thioether (sulfide) groups is 1. The molecule has 2 aromatic rings. The summed E-state index contributed by atoms with van der Waals surface area (Å²) in [7, 11) is 0. The van der Waals surface area contributed by atoms with Crippen molar-refractivity contribution < 1.29 is 45.1 Å².